The summed E-state index contributed by atoms with van der Waals surface area (Å²) in [6, 6.07) is 16.2. The fourth-order valence-corrected chi connectivity index (χ4v) is 2.03. The molecule has 0 N–H and O–H groups in total. The van der Waals surface area contributed by atoms with Gasteiger partial charge in [-0.15, -0.1) is 0 Å². The first-order valence-corrected chi connectivity index (χ1v) is 7.00. The van der Waals surface area contributed by atoms with Crippen LogP contribution in [-0.4, -0.2) is 12.6 Å². The number of rotatable bonds is 5. The smallest absolute Gasteiger partial charge is 0.344 e. The van der Waals surface area contributed by atoms with Gasteiger partial charge in [0.2, 0.25) is 0 Å². The molecule has 0 saturated carbocycles. The monoisotopic (exact) mass is 345 g/mol. The molecule has 0 fully saturated rings. The molecule has 0 radical (unpaired) electrons. The van der Waals surface area contributed by atoms with Crippen LogP contribution in [0.4, 0.5) is 0 Å². The Kier molecular flexibility index (Phi) is 5.35. The lowest BCUT2D eigenvalue weighted by molar-refractivity contribution is -0.147. The van der Waals surface area contributed by atoms with E-state index >= 15 is 0 Å². The van der Waals surface area contributed by atoms with E-state index in [9.17, 15) is 4.79 Å². The molecule has 106 valence electrons. The Balaban J connectivity index is 1.84. The second-order valence-electron chi connectivity index (χ2n) is 4.18. The number of hydrogen-bond acceptors (Lipinski definition) is 4. The fraction of sp³-hybridized carbons (Fsp3) is 0.125. The van der Waals surface area contributed by atoms with Crippen LogP contribution in [0.2, 0.25) is 0 Å². The third kappa shape index (κ3) is 4.62. The summed E-state index contributed by atoms with van der Waals surface area (Å²) in [5.41, 5.74) is 1.18. The Morgan fingerprint density at radius 1 is 1.19 bits per heavy atom. The van der Waals surface area contributed by atoms with Gasteiger partial charge in [-0.05, 0) is 24.3 Å². The minimum Gasteiger partial charge on any atom is -0.482 e. The summed E-state index contributed by atoms with van der Waals surface area (Å²) in [5.74, 6) is 0.0986. The highest BCUT2D eigenvalue weighted by atomic mass is 79.9. The number of nitriles is 1. The zero-order valence-electron chi connectivity index (χ0n) is 11.1. The topological polar surface area (TPSA) is 59.3 Å². The summed E-state index contributed by atoms with van der Waals surface area (Å²) >= 11 is 3.32. The first-order chi connectivity index (χ1) is 10.2. The Morgan fingerprint density at radius 2 is 2.00 bits per heavy atom. The van der Waals surface area contributed by atoms with Crippen molar-refractivity contribution in [2.45, 2.75) is 6.61 Å². The number of benzene rings is 2. The van der Waals surface area contributed by atoms with Crippen molar-refractivity contribution >= 4 is 21.9 Å². The largest absolute Gasteiger partial charge is 0.482 e. The molecule has 0 aromatic heterocycles. The standard InChI is InChI=1S/C16H12BrNO3/c17-14-6-3-7-15(8-14)20-11-16(19)21-10-13-5-2-1-4-12(13)9-18/h1-8H,10-11H2. The summed E-state index contributed by atoms with van der Waals surface area (Å²) < 4.78 is 11.3. The minimum atomic E-state index is -0.484. The van der Waals surface area contributed by atoms with Crippen LogP contribution in [0.3, 0.4) is 0 Å². The van der Waals surface area contributed by atoms with Gasteiger partial charge in [0.25, 0.3) is 0 Å². The van der Waals surface area contributed by atoms with Gasteiger partial charge in [0.1, 0.15) is 12.4 Å². The second kappa shape index (κ2) is 7.46. The van der Waals surface area contributed by atoms with Crippen molar-refractivity contribution in [1.29, 1.82) is 5.26 Å². The highest BCUT2D eigenvalue weighted by Gasteiger charge is 2.07. The number of esters is 1. The van der Waals surface area contributed by atoms with Crippen LogP contribution < -0.4 is 4.74 Å². The van der Waals surface area contributed by atoms with Crippen molar-refractivity contribution in [1.82, 2.24) is 0 Å². The quantitative estimate of drug-likeness (QED) is 0.778. The van der Waals surface area contributed by atoms with E-state index in [0.29, 0.717) is 16.9 Å². The highest BCUT2D eigenvalue weighted by molar-refractivity contribution is 9.10. The lowest BCUT2D eigenvalue weighted by Crippen LogP contribution is -2.15. The van der Waals surface area contributed by atoms with Gasteiger partial charge in [0, 0.05) is 10.0 Å². The molecule has 0 bridgehead atoms. The predicted molar refractivity (Wildman–Crippen MR) is 80.6 cm³/mol. The number of carbonyl (C=O) groups is 1. The number of carbonyl (C=O) groups excluding carboxylic acids is 1. The fourth-order valence-electron chi connectivity index (χ4n) is 1.65. The summed E-state index contributed by atoms with van der Waals surface area (Å²) in [6.45, 7) is -0.115. The number of halogens is 1. The molecule has 0 atom stereocenters. The van der Waals surface area contributed by atoms with E-state index < -0.39 is 5.97 Å². The number of hydrogen-bond donors (Lipinski definition) is 0. The first-order valence-electron chi connectivity index (χ1n) is 6.21. The predicted octanol–water partition coefficient (Wildman–Crippen LogP) is 3.44. The minimum absolute atomic E-state index is 0.0599. The zero-order chi connectivity index (χ0) is 15.1. The molecule has 2 aromatic carbocycles. The van der Waals surface area contributed by atoms with Crippen LogP contribution in [0.1, 0.15) is 11.1 Å². The molecule has 0 aliphatic heterocycles. The van der Waals surface area contributed by atoms with Crippen molar-refractivity contribution in [3.63, 3.8) is 0 Å². The zero-order valence-corrected chi connectivity index (χ0v) is 12.7. The molecule has 2 aromatic rings. The molecule has 21 heavy (non-hydrogen) atoms. The average molecular weight is 346 g/mol. The Labute approximate surface area is 131 Å². The maximum atomic E-state index is 11.6. The second-order valence-corrected chi connectivity index (χ2v) is 5.09. The van der Waals surface area contributed by atoms with Gasteiger partial charge in [-0.3, -0.25) is 0 Å². The van der Waals surface area contributed by atoms with Gasteiger partial charge in [-0.1, -0.05) is 40.2 Å². The van der Waals surface area contributed by atoms with Gasteiger partial charge in [0.15, 0.2) is 6.61 Å². The average Bonchev–Trinajstić information content (AvgIpc) is 2.51. The maximum Gasteiger partial charge on any atom is 0.344 e. The number of nitrogens with zero attached hydrogens (tertiary/aromatic N) is 1. The molecule has 0 amide bonds. The van der Waals surface area contributed by atoms with Crippen LogP contribution in [0.25, 0.3) is 0 Å². The lowest BCUT2D eigenvalue weighted by atomic mass is 10.1. The molecule has 4 nitrogen and oxygen atoms in total. The van der Waals surface area contributed by atoms with Gasteiger partial charge >= 0.3 is 5.97 Å². The van der Waals surface area contributed by atoms with E-state index in [1.807, 2.05) is 12.1 Å². The Morgan fingerprint density at radius 3 is 2.76 bits per heavy atom. The molecule has 0 saturated heterocycles. The molecular weight excluding hydrogens is 334 g/mol. The molecular formula is C16H12BrNO3. The van der Waals surface area contributed by atoms with Crippen LogP contribution in [0.5, 0.6) is 5.75 Å². The van der Waals surface area contributed by atoms with Gasteiger partial charge in [-0.2, -0.15) is 5.26 Å². The van der Waals surface area contributed by atoms with Crippen molar-refractivity contribution in [2.75, 3.05) is 6.61 Å². The van der Waals surface area contributed by atoms with E-state index in [1.54, 1.807) is 36.4 Å². The van der Waals surface area contributed by atoms with Crippen LogP contribution >= 0.6 is 15.9 Å². The van der Waals surface area contributed by atoms with E-state index in [4.69, 9.17) is 14.7 Å². The Bertz CT molecular complexity index is 679. The maximum absolute atomic E-state index is 11.6. The van der Waals surface area contributed by atoms with Crippen molar-refractivity contribution in [3.8, 4) is 11.8 Å². The third-order valence-electron chi connectivity index (χ3n) is 2.68. The summed E-state index contributed by atoms with van der Waals surface area (Å²) in [5, 5.41) is 8.94. The first kappa shape index (κ1) is 15.1. The summed E-state index contributed by atoms with van der Waals surface area (Å²) in [4.78, 5) is 11.6. The van der Waals surface area contributed by atoms with Crippen molar-refractivity contribution < 1.29 is 14.3 Å². The van der Waals surface area contributed by atoms with Gasteiger partial charge in [0.05, 0.1) is 11.6 Å². The SMILES string of the molecule is N#Cc1ccccc1COC(=O)COc1cccc(Br)c1. The molecule has 0 unspecified atom stereocenters. The van der Waals surface area contributed by atoms with E-state index in [0.717, 1.165) is 4.47 Å². The lowest BCUT2D eigenvalue weighted by Gasteiger charge is -2.08. The molecule has 0 spiro atoms. The molecule has 0 aliphatic carbocycles. The van der Waals surface area contributed by atoms with E-state index in [2.05, 4.69) is 22.0 Å². The van der Waals surface area contributed by atoms with Gasteiger partial charge < -0.3 is 9.47 Å². The molecule has 0 aliphatic rings. The summed E-state index contributed by atoms with van der Waals surface area (Å²) in [7, 11) is 0. The number of ether oxygens (including phenoxy) is 2. The van der Waals surface area contributed by atoms with E-state index in [1.165, 1.54) is 0 Å². The third-order valence-corrected chi connectivity index (χ3v) is 3.17. The normalized spacial score (nSPS) is 9.71. The van der Waals surface area contributed by atoms with Crippen LogP contribution in [0.15, 0.2) is 53.0 Å². The Hall–Kier alpha value is -2.32. The van der Waals surface area contributed by atoms with E-state index in [-0.39, 0.29) is 13.2 Å². The molecule has 2 rings (SSSR count). The van der Waals surface area contributed by atoms with Gasteiger partial charge in [-0.25, -0.2) is 4.79 Å². The molecule has 0 heterocycles. The van der Waals surface area contributed by atoms with Crippen LogP contribution in [0, 0.1) is 11.3 Å². The van der Waals surface area contributed by atoms with Crippen molar-refractivity contribution in [2.24, 2.45) is 0 Å². The van der Waals surface area contributed by atoms with Crippen LogP contribution in [-0.2, 0) is 16.1 Å². The highest BCUT2D eigenvalue weighted by Crippen LogP contribution is 2.17. The summed E-state index contributed by atoms with van der Waals surface area (Å²) in [6.07, 6.45) is 0. The molecule has 5 heteroatoms. The van der Waals surface area contributed by atoms with Crippen molar-refractivity contribution in [3.05, 3.63) is 64.1 Å².